The minimum absolute atomic E-state index is 0.0120. The second-order valence-electron chi connectivity index (χ2n) is 3.88. The highest BCUT2D eigenvalue weighted by Crippen LogP contribution is 2.37. The highest BCUT2D eigenvalue weighted by molar-refractivity contribution is 6.42. The van der Waals surface area contributed by atoms with Crippen LogP contribution in [0.5, 0.6) is 5.75 Å². The zero-order valence-electron chi connectivity index (χ0n) is 9.33. The first-order valence-corrected chi connectivity index (χ1v) is 6.69. The van der Waals surface area contributed by atoms with E-state index in [1.165, 1.54) is 0 Å². The number of hydrogen-bond donors (Lipinski definition) is 0. The quantitative estimate of drug-likeness (QED) is 0.777. The Morgan fingerprint density at radius 2 is 2.12 bits per heavy atom. The highest BCUT2D eigenvalue weighted by Gasteiger charge is 2.42. The molecule has 1 aromatic rings. The molecule has 0 spiro atoms. The molecule has 1 aromatic carbocycles. The zero-order valence-corrected chi connectivity index (χ0v) is 11.6. The first kappa shape index (κ1) is 13.3. The van der Waals surface area contributed by atoms with E-state index >= 15 is 0 Å². The van der Waals surface area contributed by atoms with Gasteiger partial charge < -0.3 is 9.47 Å². The van der Waals surface area contributed by atoms with Gasteiger partial charge in [0.15, 0.2) is 0 Å². The third-order valence-corrected chi connectivity index (χ3v) is 3.96. The molecule has 1 fully saturated rings. The fourth-order valence-corrected chi connectivity index (χ4v) is 2.53. The summed E-state index contributed by atoms with van der Waals surface area (Å²) in [6.45, 7) is 2.56. The Labute approximate surface area is 116 Å². The summed E-state index contributed by atoms with van der Waals surface area (Å²) in [6, 6.07) is 5.32. The van der Waals surface area contributed by atoms with Gasteiger partial charge in [-0.3, -0.25) is 0 Å². The molecule has 0 aromatic heterocycles. The van der Waals surface area contributed by atoms with Crippen molar-refractivity contribution in [1.29, 1.82) is 0 Å². The van der Waals surface area contributed by atoms with Crippen molar-refractivity contribution in [2.24, 2.45) is 0 Å². The molecule has 0 saturated heterocycles. The fourth-order valence-electron chi connectivity index (χ4n) is 1.78. The van der Waals surface area contributed by atoms with Crippen LogP contribution in [0.3, 0.4) is 0 Å². The molecule has 1 aliphatic rings. The summed E-state index contributed by atoms with van der Waals surface area (Å²) in [5.41, 5.74) is 0. The molecule has 2 rings (SSSR count). The predicted octanol–water partition coefficient (Wildman–Crippen LogP) is 4.16. The number of halogens is 3. The van der Waals surface area contributed by atoms with Gasteiger partial charge in [0.1, 0.15) is 23.0 Å². The van der Waals surface area contributed by atoms with E-state index < -0.39 is 0 Å². The largest absolute Gasteiger partial charge is 0.486 e. The van der Waals surface area contributed by atoms with Crippen molar-refractivity contribution < 1.29 is 9.47 Å². The summed E-state index contributed by atoms with van der Waals surface area (Å²) in [4.78, 5) is 0. The molecule has 1 saturated carbocycles. The van der Waals surface area contributed by atoms with Crippen LogP contribution in [0.2, 0.25) is 10.0 Å². The molecule has 94 valence electrons. The molecule has 1 aliphatic carbocycles. The maximum absolute atomic E-state index is 6.06. The third-order valence-electron chi connectivity index (χ3n) is 2.73. The van der Waals surface area contributed by atoms with Crippen molar-refractivity contribution >= 4 is 34.8 Å². The maximum atomic E-state index is 6.06. The molecule has 0 heterocycles. The lowest BCUT2D eigenvalue weighted by atomic mass is 9.91. The minimum Gasteiger partial charge on any atom is -0.486 e. The van der Waals surface area contributed by atoms with E-state index in [1.807, 2.05) is 6.92 Å². The van der Waals surface area contributed by atoms with E-state index in [9.17, 15) is 0 Å². The van der Waals surface area contributed by atoms with Crippen molar-refractivity contribution in [2.45, 2.75) is 30.9 Å². The zero-order chi connectivity index (χ0) is 12.4. The molecule has 0 N–H and O–H groups in total. The molecule has 3 unspecified atom stereocenters. The van der Waals surface area contributed by atoms with E-state index in [0.29, 0.717) is 22.4 Å². The van der Waals surface area contributed by atoms with Gasteiger partial charge in [-0.15, -0.1) is 11.6 Å². The summed E-state index contributed by atoms with van der Waals surface area (Å²) >= 11 is 18.0. The molecule has 0 aliphatic heterocycles. The molecule has 0 radical (unpaired) electrons. The van der Waals surface area contributed by atoms with Gasteiger partial charge >= 0.3 is 0 Å². The monoisotopic (exact) mass is 294 g/mol. The number of benzene rings is 1. The van der Waals surface area contributed by atoms with Crippen LogP contribution in [-0.2, 0) is 4.74 Å². The molecular weight excluding hydrogens is 282 g/mol. The minimum atomic E-state index is -0.0725. The first-order valence-electron chi connectivity index (χ1n) is 5.49. The average Bonchev–Trinajstić information content (AvgIpc) is 2.31. The number of rotatable bonds is 4. The van der Waals surface area contributed by atoms with E-state index in [-0.39, 0.29) is 17.6 Å². The Morgan fingerprint density at radius 3 is 2.76 bits per heavy atom. The Hall–Kier alpha value is -0.150. The Morgan fingerprint density at radius 1 is 1.35 bits per heavy atom. The highest BCUT2D eigenvalue weighted by atomic mass is 35.5. The summed E-state index contributed by atoms with van der Waals surface area (Å²) in [5, 5.41) is 0.930. The first-order chi connectivity index (χ1) is 8.13. The molecular formula is C12H13Cl3O2. The number of ether oxygens (including phenoxy) is 2. The molecule has 3 atom stereocenters. The van der Waals surface area contributed by atoms with Gasteiger partial charge in [0.05, 0.1) is 10.4 Å². The van der Waals surface area contributed by atoms with Crippen LogP contribution in [0, 0.1) is 0 Å². The van der Waals surface area contributed by atoms with Crippen LogP contribution in [0.15, 0.2) is 18.2 Å². The lowest BCUT2D eigenvalue weighted by molar-refractivity contribution is -0.0759. The van der Waals surface area contributed by atoms with Crippen molar-refractivity contribution in [1.82, 2.24) is 0 Å². The molecule has 0 bridgehead atoms. The van der Waals surface area contributed by atoms with E-state index in [1.54, 1.807) is 18.2 Å². The third kappa shape index (κ3) is 2.82. The lowest BCUT2D eigenvalue weighted by Crippen LogP contribution is -2.52. The van der Waals surface area contributed by atoms with Gasteiger partial charge in [0, 0.05) is 13.0 Å². The second-order valence-corrected chi connectivity index (χ2v) is 5.23. The van der Waals surface area contributed by atoms with Gasteiger partial charge in [0.2, 0.25) is 0 Å². The topological polar surface area (TPSA) is 18.5 Å². The smallest absolute Gasteiger partial charge is 0.139 e. The maximum Gasteiger partial charge on any atom is 0.139 e. The summed E-state index contributed by atoms with van der Waals surface area (Å²) < 4.78 is 11.3. The number of hydrogen-bond acceptors (Lipinski definition) is 2. The van der Waals surface area contributed by atoms with Crippen molar-refractivity contribution in [3.05, 3.63) is 28.2 Å². The summed E-state index contributed by atoms with van der Waals surface area (Å²) in [6.07, 6.45) is 0.639. The van der Waals surface area contributed by atoms with Crippen LogP contribution < -0.4 is 4.74 Å². The van der Waals surface area contributed by atoms with Gasteiger partial charge in [-0.25, -0.2) is 0 Å². The Bertz CT molecular complexity index is 397. The van der Waals surface area contributed by atoms with Crippen molar-refractivity contribution in [2.75, 3.05) is 6.61 Å². The molecule has 17 heavy (non-hydrogen) atoms. The summed E-state index contributed by atoms with van der Waals surface area (Å²) in [5.74, 6) is 0.581. The van der Waals surface area contributed by atoms with Crippen molar-refractivity contribution in [3.8, 4) is 5.75 Å². The SMILES string of the molecule is CCOC1C(Cl)CC1Oc1cccc(Cl)c1Cl. The van der Waals surface area contributed by atoms with E-state index in [0.717, 1.165) is 6.42 Å². The van der Waals surface area contributed by atoms with Crippen LogP contribution in [-0.4, -0.2) is 24.2 Å². The van der Waals surface area contributed by atoms with Gasteiger partial charge in [-0.05, 0) is 19.1 Å². The molecule has 2 nitrogen and oxygen atoms in total. The van der Waals surface area contributed by atoms with Crippen LogP contribution in [0.25, 0.3) is 0 Å². The van der Waals surface area contributed by atoms with Crippen LogP contribution in [0.4, 0.5) is 0 Å². The van der Waals surface area contributed by atoms with E-state index in [4.69, 9.17) is 44.3 Å². The predicted molar refractivity (Wildman–Crippen MR) is 70.6 cm³/mol. The molecule has 5 heteroatoms. The Balaban J connectivity index is 2.04. The lowest BCUT2D eigenvalue weighted by Gasteiger charge is -2.40. The van der Waals surface area contributed by atoms with Gasteiger partial charge in [-0.2, -0.15) is 0 Å². The average molecular weight is 296 g/mol. The van der Waals surface area contributed by atoms with Crippen molar-refractivity contribution in [3.63, 3.8) is 0 Å². The normalized spacial score (nSPS) is 27.6. The van der Waals surface area contributed by atoms with E-state index in [2.05, 4.69) is 0 Å². The fraction of sp³-hybridized carbons (Fsp3) is 0.500. The summed E-state index contributed by atoms with van der Waals surface area (Å²) in [7, 11) is 0. The van der Waals surface area contributed by atoms with Gasteiger partial charge in [-0.1, -0.05) is 29.3 Å². The number of alkyl halides is 1. The second kappa shape index (κ2) is 5.66. The van der Waals surface area contributed by atoms with Crippen LogP contribution in [0.1, 0.15) is 13.3 Å². The molecule has 0 amide bonds. The Kier molecular flexibility index (Phi) is 4.42. The van der Waals surface area contributed by atoms with Crippen LogP contribution >= 0.6 is 34.8 Å². The standard InChI is InChI=1S/C12H13Cl3O2/c1-2-16-12-8(14)6-10(12)17-9-5-3-4-7(13)11(9)15/h3-5,8,10,12H,2,6H2,1H3. The van der Waals surface area contributed by atoms with Gasteiger partial charge in [0.25, 0.3) is 0 Å².